The van der Waals surface area contributed by atoms with Crippen molar-refractivity contribution in [1.82, 2.24) is 0 Å². The van der Waals surface area contributed by atoms with Gasteiger partial charge in [-0.25, -0.2) is 0 Å². The van der Waals surface area contributed by atoms with Gasteiger partial charge in [0.25, 0.3) is 0 Å². The van der Waals surface area contributed by atoms with Crippen molar-refractivity contribution in [2.45, 2.75) is 20.1 Å². The molecule has 0 radical (unpaired) electrons. The molecule has 1 aliphatic heterocycles. The van der Waals surface area contributed by atoms with E-state index in [0.717, 1.165) is 18.8 Å². The first-order valence-electron chi connectivity index (χ1n) is 4.96. The summed E-state index contributed by atoms with van der Waals surface area (Å²) in [5.41, 5.74) is 1.24. The molecule has 0 saturated carbocycles. The zero-order valence-corrected chi connectivity index (χ0v) is 8.69. The van der Waals surface area contributed by atoms with Crippen LogP contribution in [0.3, 0.4) is 0 Å². The number of hydrogen-bond donors (Lipinski definition) is 0. The molecular formula is C12H16O2. The van der Waals surface area contributed by atoms with Gasteiger partial charge in [0.15, 0.2) is 6.29 Å². The zero-order valence-electron chi connectivity index (χ0n) is 8.69. The quantitative estimate of drug-likeness (QED) is 0.681. The molecule has 2 rings (SSSR count). The summed E-state index contributed by atoms with van der Waals surface area (Å²) >= 11 is 0. The Balaban J connectivity index is 2.03. The van der Waals surface area contributed by atoms with Gasteiger partial charge in [-0.2, -0.15) is 0 Å². The summed E-state index contributed by atoms with van der Waals surface area (Å²) in [5.74, 6) is 0. The van der Waals surface area contributed by atoms with Gasteiger partial charge in [0.1, 0.15) is 0 Å². The highest BCUT2D eigenvalue weighted by Crippen LogP contribution is 2.30. The summed E-state index contributed by atoms with van der Waals surface area (Å²) in [6, 6.07) is 10.1. The van der Waals surface area contributed by atoms with Crippen LogP contribution in [0.4, 0.5) is 0 Å². The second-order valence-corrected chi connectivity index (χ2v) is 4.53. The molecule has 1 aromatic carbocycles. The van der Waals surface area contributed by atoms with Crippen molar-refractivity contribution >= 4 is 0 Å². The van der Waals surface area contributed by atoms with E-state index in [1.165, 1.54) is 0 Å². The minimum absolute atomic E-state index is 0.144. The third-order valence-electron chi connectivity index (χ3n) is 2.32. The van der Waals surface area contributed by atoms with Gasteiger partial charge in [0, 0.05) is 11.0 Å². The zero-order chi connectivity index (χ0) is 10.0. The first kappa shape index (κ1) is 9.69. The molecule has 0 spiro atoms. The molecule has 0 unspecified atom stereocenters. The van der Waals surface area contributed by atoms with Crippen LogP contribution >= 0.6 is 0 Å². The average Bonchev–Trinajstić information content (AvgIpc) is 2.19. The Morgan fingerprint density at radius 1 is 1.07 bits per heavy atom. The van der Waals surface area contributed by atoms with Crippen LogP contribution in [-0.4, -0.2) is 13.2 Å². The highest BCUT2D eigenvalue weighted by atomic mass is 16.7. The van der Waals surface area contributed by atoms with Crippen LogP contribution in [0, 0.1) is 5.41 Å². The third kappa shape index (κ3) is 2.14. The van der Waals surface area contributed by atoms with E-state index >= 15 is 0 Å². The molecule has 1 heterocycles. The molecule has 0 N–H and O–H groups in total. The monoisotopic (exact) mass is 192 g/mol. The molecule has 0 atom stereocenters. The first-order chi connectivity index (χ1) is 6.67. The summed E-state index contributed by atoms with van der Waals surface area (Å²) in [5, 5.41) is 0. The number of ether oxygens (including phenoxy) is 2. The smallest absolute Gasteiger partial charge is 0.183 e. The predicted molar refractivity (Wildman–Crippen MR) is 54.9 cm³/mol. The first-order valence-corrected chi connectivity index (χ1v) is 4.96. The van der Waals surface area contributed by atoms with Crippen LogP contribution in [0.15, 0.2) is 30.3 Å². The van der Waals surface area contributed by atoms with Gasteiger partial charge in [-0.15, -0.1) is 0 Å². The molecule has 1 saturated heterocycles. The van der Waals surface area contributed by atoms with E-state index in [4.69, 9.17) is 9.47 Å². The van der Waals surface area contributed by atoms with E-state index in [0.29, 0.717) is 0 Å². The predicted octanol–water partition coefficient (Wildman–Crippen LogP) is 2.76. The van der Waals surface area contributed by atoms with Crippen molar-refractivity contribution in [3.8, 4) is 0 Å². The lowest BCUT2D eigenvalue weighted by atomic mass is 9.95. The van der Waals surface area contributed by atoms with E-state index < -0.39 is 0 Å². The Morgan fingerprint density at radius 3 is 2.21 bits per heavy atom. The normalized spacial score (nSPS) is 22.1. The number of hydrogen-bond acceptors (Lipinski definition) is 2. The van der Waals surface area contributed by atoms with Crippen molar-refractivity contribution in [1.29, 1.82) is 0 Å². The lowest BCUT2D eigenvalue weighted by molar-refractivity contribution is -0.226. The van der Waals surface area contributed by atoms with E-state index in [2.05, 4.69) is 13.8 Å². The highest BCUT2D eigenvalue weighted by molar-refractivity contribution is 5.16. The van der Waals surface area contributed by atoms with Crippen molar-refractivity contribution in [3.63, 3.8) is 0 Å². The van der Waals surface area contributed by atoms with Gasteiger partial charge in [-0.1, -0.05) is 44.2 Å². The van der Waals surface area contributed by atoms with Gasteiger partial charge in [-0.3, -0.25) is 0 Å². The molecule has 2 nitrogen and oxygen atoms in total. The summed E-state index contributed by atoms with van der Waals surface area (Å²) in [6.07, 6.45) is -0.177. The molecule has 0 bridgehead atoms. The van der Waals surface area contributed by atoms with Gasteiger partial charge in [-0.05, 0) is 0 Å². The lowest BCUT2D eigenvalue weighted by Gasteiger charge is -2.34. The Morgan fingerprint density at radius 2 is 1.64 bits per heavy atom. The minimum atomic E-state index is -0.177. The highest BCUT2D eigenvalue weighted by Gasteiger charge is 2.28. The summed E-state index contributed by atoms with van der Waals surface area (Å²) in [4.78, 5) is 0. The van der Waals surface area contributed by atoms with E-state index in [9.17, 15) is 0 Å². The third-order valence-corrected chi connectivity index (χ3v) is 2.32. The summed E-state index contributed by atoms with van der Waals surface area (Å²) in [6.45, 7) is 5.81. The van der Waals surface area contributed by atoms with E-state index in [1.807, 2.05) is 30.3 Å². The largest absolute Gasteiger partial charge is 0.348 e. The van der Waals surface area contributed by atoms with Crippen molar-refractivity contribution in [3.05, 3.63) is 35.9 Å². The summed E-state index contributed by atoms with van der Waals surface area (Å²) in [7, 11) is 0. The Bertz CT molecular complexity index is 282. The molecule has 1 fully saturated rings. The Hall–Kier alpha value is -0.860. The number of benzene rings is 1. The molecule has 0 aromatic heterocycles. The topological polar surface area (TPSA) is 18.5 Å². The van der Waals surface area contributed by atoms with Crippen molar-refractivity contribution in [2.75, 3.05) is 13.2 Å². The number of rotatable bonds is 1. The van der Waals surface area contributed by atoms with Crippen LogP contribution in [0.5, 0.6) is 0 Å². The fraction of sp³-hybridized carbons (Fsp3) is 0.500. The van der Waals surface area contributed by atoms with Gasteiger partial charge < -0.3 is 9.47 Å². The molecule has 2 heteroatoms. The second-order valence-electron chi connectivity index (χ2n) is 4.53. The van der Waals surface area contributed by atoms with Crippen molar-refractivity contribution in [2.24, 2.45) is 5.41 Å². The van der Waals surface area contributed by atoms with Gasteiger partial charge in [0.05, 0.1) is 13.2 Å². The minimum Gasteiger partial charge on any atom is -0.348 e. The Labute approximate surface area is 84.8 Å². The molecule has 76 valence electrons. The standard InChI is InChI=1S/C12H16O2/c1-12(2)8-13-11(14-9-12)10-6-4-3-5-7-10/h3-7,11H,8-9H2,1-2H3. The summed E-state index contributed by atoms with van der Waals surface area (Å²) < 4.78 is 11.3. The van der Waals surface area contributed by atoms with Gasteiger partial charge >= 0.3 is 0 Å². The second kappa shape index (κ2) is 3.71. The van der Waals surface area contributed by atoms with Crippen LogP contribution in [0.1, 0.15) is 25.7 Å². The van der Waals surface area contributed by atoms with Gasteiger partial charge in [0.2, 0.25) is 0 Å². The van der Waals surface area contributed by atoms with Crippen LogP contribution in [-0.2, 0) is 9.47 Å². The maximum absolute atomic E-state index is 5.66. The molecule has 0 aliphatic carbocycles. The van der Waals surface area contributed by atoms with Crippen LogP contribution in [0.2, 0.25) is 0 Å². The fourth-order valence-corrected chi connectivity index (χ4v) is 1.49. The Kier molecular flexibility index (Phi) is 2.57. The lowest BCUT2D eigenvalue weighted by Crippen LogP contribution is -2.33. The molecule has 1 aliphatic rings. The average molecular weight is 192 g/mol. The fourth-order valence-electron chi connectivity index (χ4n) is 1.49. The molecular weight excluding hydrogens is 176 g/mol. The molecule has 14 heavy (non-hydrogen) atoms. The van der Waals surface area contributed by atoms with E-state index in [-0.39, 0.29) is 11.7 Å². The maximum Gasteiger partial charge on any atom is 0.183 e. The van der Waals surface area contributed by atoms with E-state index in [1.54, 1.807) is 0 Å². The van der Waals surface area contributed by atoms with Crippen LogP contribution < -0.4 is 0 Å². The SMILES string of the molecule is CC1(C)COC(c2ccccc2)OC1. The van der Waals surface area contributed by atoms with Crippen molar-refractivity contribution < 1.29 is 9.47 Å². The maximum atomic E-state index is 5.66. The van der Waals surface area contributed by atoms with Crippen LogP contribution in [0.25, 0.3) is 0 Å². The molecule has 1 aromatic rings. The molecule has 0 amide bonds.